The van der Waals surface area contributed by atoms with E-state index in [1.54, 1.807) is 0 Å². The molecule has 0 saturated carbocycles. The summed E-state index contributed by atoms with van der Waals surface area (Å²) in [5.41, 5.74) is 9.44. The zero-order valence-electron chi connectivity index (χ0n) is 22.0. The molecule has 6 aromatic carbocycles. The standard InChI is InChI=1S/C36H28N2.Pt/c1-37-23-25-9-7-14-30(21-25)34-20-18-28-12-4-6-16-32(28)36(34)38(2)24-26-10-8-13-29(22-26)33-19-17-27-11-3-5-15-31(27)35(33)37;/h3-20H,23-24H2,1-2H3;/q-2;+4. The SMILES string of the molecule is CN1Cc2[c-]c(ccc2)-c2ccc3ccccc3c2N(C)Cc2[c-]c(ccc2)-c2ccc3ccccc3c21.[Pt+4]. The van der Waals surface area contributed by atoms with Crippen molar-refractivity contribution in [2.45, 2.75) is 13.1 Å². The van der Waals surface area contributed by atoms with Gasteiger partial charge in [-0.2, -0.15) is 0 Å². The summed E-state index contributed by atoms with van der Waals surface area (Å²) in [7, 11) is 4.38. The van der Waals surface area contributed by atoms with E-state index in [2.05, 4.69) is 145 Å². The minimum absolute atomic E-state index is 0. The van der Waals surface area contributed by atoms with Gasteiger partial charge < -0.3 is 9.80 Å². The van der Waals surface area contributed by atoms with E-state index < -0.39 is 0 Å². The minimum atomic E-state index is 0. The van der Waals surface area contributed by atoms with Gasteiger partial charge in [0.1, 0.15) is 0 Å². The van der Waals surface area contributed by atoms with Crippen LogP contribution in [-0.2, 0) is 34.2 Å². The van der Waals surface area contributed by atoms with Gasteiger partial charge in [0, 0.05) is 38.6 Å². The number of rotatable bonds is 0. The first-order valence-corrected chi connectivity index (χ1v) is 13.1. The summed E-state index contributed by atoms with van der Waals surface area (Å²) in [6.45, 7) is 1.51. The number of anilines is 2. The summed E-state index contributed by atoms with van der Waals surface area (Å²) < 4.78 is 0. The third-order valence-electron chi connectivity index (χ3n) is 7.67. The minimum Gasteiger partial charge on any atom is -0.378 e. The largest absolute Gasteiger partial charge is 4.00 e. The van der Waals surface area contributed by atoms with Gasteiger partial charge in [-0.3, -0.25) is 0 Å². The maximum absolute atomic E-state index is 3.78. The summed E-state index contributed by atoms with van der Waals surface area (Å²) in [6, 6.07) is 46.9. The van der Waals surface area contributed by atoms with Crippen molar-refractivity contribution < 1.29 is 21.1 Å². The van der Waals surface area contributed by atoms with Crippen molar-refractivity contribution in [1.82, 2.24) is 0 Å². The van der Waals surface area contributed by atoms with E-state index in [1.165, 1.54) is 55.2 Å². The maximum Gasteiger partial charge on any atom is 4.00 e. The molecule has 0 amide bonds. The Balaban J connectivity index is 0.00000277. The number of hydrogen-bond donors (Lipinski definition) is 0. The van der Waals surface area contributed by atoms with Crippen LogP contribution in [0.1, 0.15) is 11.1 Å². The second-order valence-electron chi connectivity index (χ2n) is 10.3. The van der Waals surface area contributed by atoms with Crippen molar-refractivity contribution in [1.29, 1.82) is 0 Å². The van der Waals surface area contributed by atoms with Crippen LogP contribution in [0.5, 0.6) is 0 Å². The summed E-state index contributed by atoms with van der Waals surface area (Å²) in [4.78, 5) is 4.74. The summed E-state index contributed by atoms with van der Waals surface area (Å²) in [5.74, 6) is 0. The van der Waals surface area contributed by atoms with Gasteiger partial charge in [0.15, 0.2) is 0 Å². The zero-order chi connectivity index (χ0) is 25.6. The van der Waals surface area contributed by atoms with Crippen molar-refractivity contribution in [3.8, 4) is 22.3 Å². The molecule has 1 aliphatic rings. The van der Waals surface area contributed by atoms with Gasteiger partial charge in [-0.15, -0.1) is 70.8 Å². The number of nitrogens with zero attached hydrogens (tertiary/aromatic N) is 2. The van der Waals surface area contributed by atoms with Crippen LogP contribution in [0.2, 0.25) is 0 Å². The van der Waals surface area contributed by atoms with E-state index in [0.29, 0.717) is 0 Å². The molecule has 0 unspecified atom stereocenters. The van der Waals surface area contributed by atoms with Crippen LogP contribution >= 0.6 is 0 Å². The fourth-order valence-electron chi connectivity index (χ4n) is 5.97. The van der Waals surface area contributed by atoms with Crippen LogP contribution in [0.15, 0.2) is 109 Å². The van der Waals surface area contributed by atoms with E-state index in [9.17, 15) is 0 Å². The van der Waals surface area contributed by atoms with Crippen LogP contribution in [0.3, 0.4) is 0 Å². The Morgan fingerprint density at radius 3 is 1.38 bits per heavy atom. The molecule has 1 aliphatic heterocycles. The molecule has 4 bridgehead atoms. The second-order valence-corrected chi connectivity index (χ2v) is 10.3. The molecule has 7 rings (SSSR count). The molecule has 1 heterocycles. The molecule has 0 N–H and O–H groups in total. The Bertz CT molecular complexity index is 1690. The van der Waals surface area contributed by atoms with Gasteiger partial charge in [0.2, 0.25) is 0 Å². The summed E-state index contributed by atoms with van der Waals surface area (Å²) in [6.07, 6.45) is 0. The summed E-state index contributed by atoms with van der Waals surface area (Å²) in [5, 5.41) is 4.99. The smallest absolute Gasteiger partial charge is 0.378 e. The van der Waals surface area contributed by atoms with Crippen LogP contribution in [0.25, 0.3) is 43.8 Å². The van der Waals surface area contributed by atoms with E-state index in [0.717, 1.165) is 24.2 Å². The van der Waals surface area contributed by atoms with Crippen molar-refractivity contribution in [3.05, 3.63) is 132 Å². The maximum atomic E-state index is 3.78. The van der Waals surface area contributed by atoms with E-state index in [-0.39, 0.29) is 21.1 Å². The fraction of sp³-hybridized carbons (Fsp3) is 0.111. The zero-order valence-corrected chi connectivity index (χ0v) is 24.3. The topological polar surface area (TPSA) is 6.48 Å². The molecule has 0 aliphatic carbocycles. The Hall–Kier alpha value is -3.87. The molecule has 0 saturated heterocycles. The predicted octanol–water partition coefficient (Wildman–Crippen LogP) is 8.51. The first kappa shape index (κ1) is 25.4. The third kappa shape index (κ3) is 4.54. The molecule has 0 radical (unpaired) electrons. The van der Waals surface area contributed by atoms with Gasteiger partial charge in [-0.1, -0.05) is 83.9 Å². The van der Waals surface area contributed by atoms with Crippen LogP contribution in [0, 0.1) is 12.1 Å². The third-order valence-corrected chi connectivity index (χ3v) is 7.67. The van der Waals surface area contributed by atoms with Crippen molar-refractivity contribution in [2.24, 2.45) is 0 Å². The molecule has 0 fully saturated rings. The van der Waals surface area contributed by atoms with Crippen LogP contribution in [-0.4, -0.2) is 14.1 Å². The second kappa shape index (κ2) is 10.4. The Morgan fingerprint density at radius 2 is 0.923 bits per heavy atom. The molecule has 6 aromatic rings. The van der Waals surface area contributed by atoms with Gasteiger partial charge in [-0.05, 0) is 21.5 Å². The number of hydrogen-bond acceptors (Lipinski definition) is 2. The average Bonchev–Trinajstić information content (AvgIpc) is 2.95. The first-order chi connectivity index (χ1) is 18.7. The molecule has 0 atom stereocenters. The van der Waals surface area contributed by atoms with Gasteiger partial charge in [0.25, 0.3) is 0 Å². The van der Waals surface area contributed by atoms with E-state index in [4.69, 9.17) is 0 Å². The van der Waals surface area contributed by atoms with E-state index >= 15 is 0 Å². The molecule has 190 valence electrons. The monoisotopic (exact) mass is 683 g/mol. The quantitative estimate of drug-likeness (QED) is 0.148. The van der Waals surface area contributed by atoms with Gasteiger partial charge in [0.05, 0.1) is 0 Å². The van der Waals surface area contributed by atoms with Crippen LogP contribution in [0.4, 0.5) is 11.4 Å². The fourth-order valence-corrected chi connectivity index (χ4v) is 5.97. The normalized spacial score (nSPS) is 12.9. The molecule has 2 nitrogen and oxygen atoms in total. The predicted molar refractivity (Wildman–Crippen MR) is 161 cm³/mol. The van der Waals surface area contributed by atoms with Crippen molar-refractivity contribution in [2.75, 3.05) is 23.9 Å². The first-order valence-electron chi connectivity index (χ1n) is 13.1. The molecular formula is C36H28N2Pt+2. The number of benzene rings is 6. The molecule has 0 spiro atoms. The molecular weight excluding hydrogens is 655 g/mol. The number of fused-ring (bicyclic) bond motifs is 12. The Kier molecular flexibility index (Phi) is 6.75. The van der Waals surface area contributed by atoms with E-state index in [1.807, 2.05) is 0 Å². The summed E-state index contributed by atoms with van der Waals surface area (Å²) >= 11 is 0. The Labute approximate surface area is 244 Å². The molecule has 39 heavy (non-hydrogen) atoms. The van der Waals surface area contributed by atoms with Crippen LogP contribution < -0.4 is 9.80 Å². The molecule has 0 aromatic heterocycles. The van der Waals surface area contributed by atoms with Gasteiger partial charge in [-0.25, -0.2) is 0 Å². The van der Waals surface area contributed by atoms with Gasteiger partial charge >= 0.3 is 21.1 Å². The Morgan fingerprint density at radius 1 is 0.487 bits per heavy atom. The average molecular weight is 684 g/mol. The van der Waals surface area contributed by atoms with Crippen molar-refractivity contribution >= 4 is 32.9 Å². The van der Waals surface area contributed by atoms with Crippen molar-refractivity contribution in [3.63, 3.8) is 0 Å². The molecule has 3 heteroatoms.